The first-order valence-corrected chi connectivity index (χ1v) is 9.72. The first-order valence-electron chi connectivity index (χ1n) is 9.72. The SMILES string of the molecule is CC(C)c1cc(=O)[nH]c([C@@H]2CCCN2C(=O)CN2Cc3ccccc3C2=O)n1. The van der Waals surface area contributed by atoms with Crippen LogP contribution >= 0.6 is 0 Å². The highest BCUT2D eigenvalue weighted by atomic mass is 16.2. The summed E-state index contributed by atoms with van der Waals surface area (Å²) in [6.07, 6.45) is 1.60. The Bertz CT molecular complexity index is 982. The third kappa shape index (κ3) is 3.32. The van der Waals surface area contributed by atoms with Crippen molar-refractivity contribution in [1.29, 1.82) is 0 Å². The van der Waals surface area contributed by atoms with Crippen LogP contribution in [-0.4, -0.2) is 44.7 Å². The van der Waals surface area contributed by atoms with Gasteiger partial charge in [0.05, 0.1) is 11.7 Å². The van der Waals surface area contributed by atoms with Crippen LogP contribution < -0.4 is 5.56 Å². The molecule has 1 atom stereocenters. The van der Waals surface area contributed by atoms with E-state index < -0.39 is 0 Å². The van der Waals surface area contributed by atoms with Crippen LogP contribution in [0.3, 0.4) is 0 Å². The number of nitrogens with zero attached hydrogens (tertiary/aromatic N) is 3. The molecular formula is C21H24N4O3. The maximum absolute atomic E-state index is 13.0. The minimum Gasteiger partial charge on any atom is -0.331 e. The second kappa shape index (κ2) is 7.22. The average Bonchev–Trinajstić information content (AvgIpc) is 3.27. The van der Waals surface area contributed by atoms with Gasteiger partial charge in [0.2, 0.25) is 5.91 Å². The van der Waals surface area contributed by atoms with Gasteiger partial charge >= 0.3 is 0 Å². The number of aromatic amines is 1. The maximum Gasteiger partial charge on any atom is 0.254 e. The monoisotopic (exact) mass is 380 g/mol. The maximum atomic E-state index is 13.0. The molecule has 7 heteroatoms. The number of benzene rings is 1. The van der Waals surface area contributed by atoms with E-state index in [0.717, 1.165) is 24.1 Å². The third-order valence-electron chi connectivity index (χ3n) is 5.48. The van der Waals surface area contributed by atoms with Gasteiger partial charge in [-0.2, -0.15) is 0 Å². The number of aromatic nitrogens is 2. The van der Waals surface area contributed by atoms with E-state index in [1.165, 1.54) is 6.07 Å². The Kier molecular flexibility index (Phi) is 4.75. The summed E-state index contributed by atoms with van der Waals surface area (Å²) in [6, 6.07) is 8.71. The smallest absolute Gasteiger partial charge is 0.254 e. The summed E-state index contributed by atoms with van der Waals surface area (Å²) >= 11 is 0. The van der Waals surface area contributed by atoms with E-state index in [0.29, 0.717) is 24.5 Å². The predicted molar refractivity (Wildman–Crippen MR) is 104 cm³/mol. The molecular weight excluding hydrogens is 356 g/mol. The van der Waals surface area contributed by atoms with E-state index >= 15 is 0 Å². The fourth-order valence-electron chi connectivity index (χ4n) is 4.00. The van der Waals surface area contributed by atoms with Gasteiger partial charge in [0.15, 0.2) is 0 Å². The van der Waals surface area contributed by atoms with Crippen molar-refractivity contribution in [2.75, 3.05) is 13.1 Å². The Morgan fingerprint density at radius 3 is 2.82 bits per heavy atom. The molecule has 0 unspecified atom stereocenters. The average molecular weight is 380 g/mol. The van der Waals surface area contributed by atoms with Crippen LogP contribution in [0.4, 0.5) is 0 Å². The molecule has 28 heavy (non-hydrogen) atoms. The number of likely N-dealkylation sites (tertiary alicyclic amines) is 1. The highest BCUT2D eigenvalue weighted by Crippen LogP contribution is 2.31. The molecule has 3 heterocycles. The molecule has 2 aromatic rings. The molecule has 0 radical (unpaired) electrons. The number of rotatable bonds is 4. The lowest BCUT2D eigenvalue weighted by molar-refractivity contribution is -0.133. The summed E-state index contributed by atoms with van der Waals surface area (Å²) in [5, 5.41) is 0. The molecule has 2 aliphatic heterocycles. The van der Waals surface area contributed by atoms with E-state index in [9.17, 15) is 14.4 Å². The molecule has 4 rings (SSSR count). The minimum absolute atomic E-state index is 0.0398. The van der Waals surface area contributed by atoms with E-state index in [2.05, 4.69) is 9.97 Å². The number of hydrogen-bond donors (Lipinski definition) is 1. The van der Waals surface area contributed by atoms with Crippen LogP contribution in [0.1, 0.15) is 66.1 Å². The van der Waals surface area contributed by atoms with Crippen molar-refractivity contribution in [2.45, 2.75) is 45.2 Å². The fraction of sp³-hybridized carbons (Fsp3) is 0.429. The molecule has 0 aliphatic carbocycles. The van der Waals surface area contributed by atoms with Crippen molar-refractivity contribution in [3.63, 3.8) is 0 Å². The summed E-state index contributed by atoms with van der Waals surface area (Å²) in [5.41, 5.74) is 2.15. The van der Waals surface area contributed by atoms with Gasteiger partial charge in [-0.3, -0.25) is 14.4 Å². The summed E-state index contributed by atoms with van der Waals surface area (Å²) in [4.78, 5) is 48.3. The Balaban J connectivity index is 1.52. The molecule has 1 saturated heterocycles. The first-order chi connectivity index (χ1) is 13.4. The van der Waals surface area contributed by atoms with Gasteiger partial charge in [0.25, 0.3) is 11.5 Å². The van der Waals surface area contributed by atoms with Crippen molar-refractivity contribution in [2.24, 2.45) is 0 Å². The molecule has 7 nitrogen and oxygen atoms in total. The van der Waals surface area contributed by atoms with Crippen molar-refractivity contribution < 1.29 is 9.59 Å². The number of H-pyrrole nitrogens is 1. The predicted octanol–water partition coefficient (Wildman–Crippen LogP) is 2.21. The van der Waals surface area contributed by atoms with E-state index in [4.69, 9.17) is 0 Å². The summed E-state index contributed by atoms with van der Waals surface area (Å²) < 4.78 is 0. The second-order valence-electron chi connectivity index (χ2n) is 7.77. The topological polar surface area (TPSA) is 86.4 Å². The Morgan fingerprint density at radius 2 is 2.07 bits per heavy atom. The second-order valence-corrected chi connectivity index (χ2v) is 7.77. The normalized spacial score (nSPS) is 18.8. The van der Waals surface area contributed by atoms with Crippen molar-refractivity contribution in [1.82, 2.24) is 19.8 Å². The molecule has 2 aliphatic rings. The number of fused-ring (bicyclic) bond motifs is 1. The van der Waals surface area contributed by atoms with E-state index in [-0.39, 0.29) is 35.9 Å². The summed E-state index contributed by atoms with van der Waals surface area (Å²) in [6.45, 7) is 5.07. The van der Waals surface area contributed by atoms with Crippen LogP contribution in [0.25, 0.3) is 0 Å². The zero-order chi connectivity index (χ0) is 19.8. The van der Waals surface area contributed by atoms with Crippen molar-refractivity contribution >= 4 is 11.8 Å². The third-order valence-corrected chi connectivity index (χ3v) is 5.48. The molecule has 1 N–H and O–H groups in total. The minimum atomic E-state index is -0.251. The van der Waals surface area contributed by atoms with Crippen LogP contribution in [0.5, 0.6) is 0 Å². The van der Waals surface area contributed by atoms with Gasteiger partial charge < -0.3 is 14.8 Å². The number of hydrogen-bond acceptors (Lipinski definition) is 4. The highest BCUT2D eigenvalue weighted by Gasteiger charge is 2.35. The lowest BCUT2D eigenvalue weighted by atomic mass is 10.1. The Morgan fingerprint density at radius 1 is 1.29 bits per heavy atom. The van der Waals surface area contributed by atoms with Gasteiger partial charge in [-0.1, -0.05) is 32.0 Å². The molecule has 0 saturated carbocycles. The van der Waals surface area contributed by atoms with Crippen LogP contribution in [0, 0.1) is 0 Å². The van der Waals surface area contributed by atoms with Gasteiger partial charge in [0.1, 0.15) is 12.4 Å². The lowest BCUT2D eigenvalue weighted by Gasteiger charge is -2.26. The van der Waals surface area contributed by atoms with Crippen molar-refractivity contribution in [3.05, 3.63) is 63.3 Å². The Hall–Kier alpha value is -2.96. The molecule has 146 valence electrons. The number of nitrogens with one attached hydrogen (secondary N) is 1. The first kappa shape index (κ1) is 18.4. The quantitative estimate of drug-likeness (QED) is 0.881. The zero-order valence-electron chi connectivity index (χ0n) is 16.1. The number of carbonyl (C=O) groups is 2. The van der Waals surface area contributed by atoms with E-state index in [1.54, 1.807) is 15.9 Å². The molecule has 1 aromatic carbocycles. The van der Waals surface area contributed by atoms with Crippen LogP contribution in [-0.2, 0) is 11.3 Å². The van der Waals surface area contributed by atoms with Crippen LogP contribution in [0.15, 0.2) is 35.1 Å². The zero-order valence-corrected chi connectivity index (χ0v) is 16.1. The Labute approximate surface area is 163 Å². The van der Waals surface area contributed by atoms with Gasteiger partial charge in [-0.15, -0.1) is 0 Å². The molecule has 1 fully saturated rings. The summed E-state index contributed by atoms with van der Waals surface area (Å²) in [7, 11) is 0. The molecule has 2 amide bonds. The number of carbonyl (C=O) groups excluding carboxylic acids is 2. The molecule has 1 aromatic heterocycles. The van der Waals surface area contributed by atoms with Crippen molar-refractivity contribution in [3.8, 4) is 0 Å². The summed E-state index contributed by atoms with van der Waals surface area (Å²) in [5.74, 6) is 0.458. The molecule has 0 spiro atoms. The van der Waals surface area contributed by atoms with Crippen LogP contribution in [0.2, 0.25) is 0 Å². The molecule has 0 bridgehead atoms. The lowest BCUT2D eigenvalue weighted by Crippen LogP contribution is -2.40. The van der Waals surface area contributed by atoms with E-state index in [1.807, 2.05) is 32.0 Å². The highest BCUT2D eigenvalue weighted by molar-refractivity contribution is 6.00. The fourth-order valence-corrected chi connectivity index (χ4v) is 4.00. The van der Waals surface area contributed by atoms with Gasteiger partial charge in [-0.05, 0) is 30.4 Å². The standard InChI is InChI=1S/C21H24N4O3/c1-13(2)16-10-18(26)23-20(22-16)17-8-5-9-25(17)19(27)12-24-11-14-6-3-4-7-15(14)21(24)28/h3-4,6-7,10,13,17H,5,8-9,11-12H2,1-2H3,(H,22,23,26)/t17-/m0/s1. The largest absolute Gasteiger partial charge is 0.331 e. The number of amides is 2. The van der Waals surface area contributed by atoms with Gasteiger partial charge in [0, 0.05) is 24.7 Å². The van der Waals surface area contributed by atoms with Gasteiger partial charge in [-0.25, -0.2) is 4.98 Å².